The highest BCUT2D eigenvalue weighted by Crippen LogP contribution is 2.18. The second kappa shape index (κ2) is 6.06. The predicted molar refractivity (Wildman–Crippen MR) is 75.3 cm³/mol. The Kier molecular flexibility index (Phi) is 4.94. The maximum Gasteiger partial charge on any atom is 0.329 e. The summed E-state index contributed by atoms with van der Waals surface area (Å²) in [7, 11) is 1.68. The van der Waals surface area contributed by atoms with Gasteiger partial charge in [0.05, 0.1) is 6.54 Å². The third-order valence-electron chi connectivity index (χ3n) is 3.04. The van der Waals surface area contributed by atoms with Crippen LogP contribution in [0, 0.1) is 0 Å². The molecule has 19 heavy (non-hydrogen) atoms. The Morgan fingerprint density at radius 1 is 1.42 bits per heavy atom. The number of hydrogen-bond acceptors (Lipinski definition) is 3. The van der Waals surface area contributed by atoms with Gasteiger partial charge in [0.2, 0.25) is 0 Å². The van der Waals surface area contributed by atoms with Crippen LogP contribution in [0.25, 0.3) is 0 Å². The van der Waals surface area contributed by atoms with E-state index in [1.807, 2.05) is 17.5 Å². The number of rotatable bonds is 5. The van der Waals surface area contributed by atoms with Crippen molar-refractivity contribution in [2.24, 2.45) is 0 Å². The SMILES string of the molecule is CCN(C(=O)N(C)Cc1cccs1)C(C)(C)C(=O)O. The first-order chi connectivity index (χ1) is 8.80. The Labute approximate surface area is 117 Å². The molecule has 0 aromatic carbocycles. The van der Waals surface area contributed by atoms with Crippen LogP contribution >= 0.6 is 11.3 Å². The minimum Gasteiger partial charge on any atom is -0.480 e. The molecule has 1 aromatic heterocycles. The van der Waals surface area contributed by atoms with Crippen LogP contribution in [0.3, 0.4) is 0 Å². The van der Waals surface area contributed by atoms with Crippen molar-refractivity contribution in [3.8, 4) is 0 Å². The Balaban J connectivity index is 2.81. The van der Waals surface area contributed by atoms with E-state index in [-0.39, 0.29) is 6.03 Å². The van der Waals surface area contributed by atoms with Crippen LogP contribution < -0.4 is 0 Å². The lowest BCUT2D eigenvalue weighted by Gasteiger charge is -2.36. The smallest absolute Gasteiger partial charge is 0.329 e. The molecule has 0 radical (unpaired) electrons. The second-order valence-electron chi connectivity index (χ2n) is 4.83. The number of aliphatic carboxylic acids is 1. The van der Waals surface area contributed by atoms with Crippen molar-refractivity contribution < 1.29 is 14.7 Å². The number of thiophene rings is 1. The molecule has 0 saturated heterocycles. The van der Waals surface area contributed by atoms with E-state index in [0.717, 1.165) is 4.88 Å². The number of amides is 2. The van der Waals surface area contributed by atoms with E-state index in [1.54, 1.807) is 30.2 Å². The lowest BCUT2D eigenvalue weighted by molar-refractivity contribution is -0.147. The summed E-state index contributed by atoms with van der Waals surface area (Å²) in [6.07, 6.45) is 0. The minimum absolute atomic E-state index is 0.275. The molecule has 6 heteroatoms. The molecule has 1 N–H and O–H groups in total. The molecule has 1 aromatic rings. The molecule has 1 rings (SSSR count). The zero-order valence-electron chi connectivity index (χ0n) is 11.7. The number of urea groups is 1. The van der Waals surface area contributed by atoms with Crippen LogP contribution in [-0.4, -0.2) is 46.0 Å². The molecular weight excluding hydrogens is 264 g/mol. The van der Waals surface area contributed by atoms with Crippen LogP contribution in [0.5, 0.6) is 0 Å². The number of likely N-dealkylation sites (N-methyl/N-ethyl adjacent to an activating group) is 1. The first-order valence-corrected chi connectivity index (χ1v) is 6.97. The monoisotopic (exact) mass is 284 g/mol. The largest absolute Gasteiger partial charge is 0.480 e. The van der Waals surface area contributed by atoms with Gasteiger partial charge in [-0.3, -0.25) is 0 Å². The van der Waals surface area contributed by atoms with Crippen molar-refractivity contribution in [2.75, 3.05) is 13.6 Å². The van der Waals surface area contributed by atoms with Crippen LogP contribution in [0.15, 0.2) is 17.5 Å². The molecule has 0 fully saturated rings. The van der Waals surface area contributed by atoms with Crippen LogP contribution in [0.2, 0.25) is 0 Å². The molecule has 0 saturated carbocycles. The fourth-order valence-electron chi connectivity index (χ4n) is 1.80. The fraction of sp³-hybridized carbons (Fsp3) is 0.538. The average molecular weight is 284 g/mol. The van der Waals surface area contributed by atoms with Gasteiger partial charge in [-0.05, 0) is 32.2 Å². The van der Waals surface area contributed by atoms with Gasteiger partial charge in [-0.2, -0.15) is 0 Å². The maximum absolute atomic E-state index is 12.3. The number of hydrogen-bond donors (Lipinski definition) is 1. The molecule has 5 nitrogen and oxygen atoms in total. The normalized spacial score (nSPS) is 11.2. The number of carbonyl (C=O) groups excluding carboxylic acids is 1. The van der Waals surface area contributed by atoms with Crippen molar-refractivity contribution in [2.45, 2.75) is 32.9 Å². The molecular formula is C13H20N2O3S. The summed E-state index contributed by atoms with van der Waals surface area (Å²) >= 11 is 1.57. The fourth-order valence-corrected chi connectivity index (χ4v) is 2.55. The predicted octanol–water partition coefficient (Wildman–Crippen LogP) is 2.49. The molecule has 0 unspecified atom stereocenters. The standard InChI is InChI=1S/C13H20N2O3S/c1-5-15(13(2,3)11(16)17)12(18)14(4)9-10-7-6-8-19-10/h6-8H,5,9H2,1-4H3,(H,16,17). The van der Waals surface area contributed by atoms with Gasteiger partial charge >= 0.3 is 12.0 Å². The number of carboxylic acids is 1. The molecule has 0 aliphatic carbocycles. The molecule has 0 aliphatic heterocycles. The van der Waals surface area contributed by atoms with Crippen LogP contribution in [-0.2, 0) is 11.3 Å². The highest BCUT2D eigenvalue weighted by molar-refractivity contribution is 7.09. The molecule has 0 atom stereocenters. The Morgan fingerprint density at radius 3 is 2.47 bits per heavy atom. The van der Waals surface area contributed by atoms with E-state index in [9.17, 15) is 14.7 Å². The summed E-state index contributed by atoms with van der Waals surface area (Å²) in [4.78, 5) is 27.6. The third kappa shape index (κ3) is 3.47. The maximum atomic E-state index is 12.3. The second-order valence-corrected chi connectivity index (χ2v) is 5.86. The van der Waals surface area contributed by atoms with Gasteiger partial charge in [0.15, 0.2) is 0 Å². The zero-order chi connectivity index (χ0) is 14.6. The lowest BCUT2D eigenvalue weighted by Crippen LogP contribution is -2.56. The van der Waals surface area contributed by atoms with Crippen LogP contribution in [0.1, 0.15) is 25.6 Å². The van der Waals surface area contributed by atoms with E-state index in [0.29, 0.717) is 13.1 Å². The topological polar surface area (TPSA) is 60.9 Å². The number of carbonyl (C=O) groups is 2. The van der Waals surface area contributed by atoms with Crippen LogP contribution in [0.4, 0.5) is 4.79 Å². The summed E-state index contributed by atoms with van der Waals surface area (Å²) in [5, 5.41) is 11.2. The van der Waals surface area contributed by atoms with Gasteiger partial charge in [0.25, 0.3) is 0 Å². The van der Waals surface area contributed by atoms with Gasteiger partial charge in [-0.15, -0.1) is 11.3 Å². The summed E-state index contributed by atoms with van der Waals surface area (Å²) in [6, 6.07) is 3.60. The summed E-state index contributed by atoms with van der Waals surface area (Å²) in [5.41, 5.74) is -1.21. The highest BCUT2D eigenvalue weighted by Gasteiger charge is 2.38. The summed E-state index contributed by atoms with van der Waals surface area (Å²) < 4.78 is 0. The van der Waals surface area contributed by atoms with E-state index in [4.69, 9.17) is 0 Å². The van der Waals surface area contributed by atoms with Crippen molar-refractivity contribution in [1.29, 1.82) is 0 Å². The van der Waals surface area contributed by atoms with Gasteiger partial charge in [0.1, 0.15) is 5.54 Å². The first-order valence-electron chi connectivity index (χ1n) is 6.09. The van der Waals surface area contributed by atoms with E-state index in [2.05, 4.69) is 0 Å². The average Bonchev–Trinajstić information content (AvgIpc) is 2.81. The highest BCUT2D eigenvalue weighted by atomic mass is 32.1. The molecule has 0 spiro atoms. The number of carboxylic acid groups (broad SMARTS) is 1. The van der Waals surface area contributed by atoms with Crippen molar-refractivity contribution in [1.82, 2.24) is 9.80 Å². The third-order valence-corrected chi connectivity index (χ3v) is 3.91. The van der Waals surface area contributed by atoms with Crippen molar-refractivity contribution in [3.63, 3.8) is 0 Å². The quantitative estimate of drug-likeness (QED) is 0.903. The van der Waals surface area contributed by atoms with Gasteiger partial charge in [0, 0.05) is 18.5 Å². The van der Waals surface area contributed by atoms with E-state index in [1.165, 1.54) is 18.7 Å². The Hall–Kier alpha value is -1.56. The van der Waals surface area contributed by atoms with E-state index >= 15 is 0 Å². The zero-order valence-corrected chi connectivity index (χ0v) is 12.5. The van der Waals surface area contributed by atoms with E-state index < -0.39 is 11.5 Å². The molecule has 106 valence electrons. The van der Waals surface area contributed by atoms with Gasteiger partial charge in [-0.1, -0.05) is 6.07 Å². The molecule has 2 amide bonds. The summed E-state index contributed by atoms with van der Waals surface area (Å²) in [6.45, 7) is 5.70. The van der Waals surface area contributed by atoms with Gasteiger partial charge in [-0.25, -0.2) is 9.59 Å². The Bertz CT molecular complexity index is 443. The number of nitrogens with zero attached hydrogens (tertiary/aromatic N) is 2. The van der Waals surface area contributed by atoms with Crippen molar-refractivity contribution in [3.05, 3.63) is 22.4 Å². The molecule has 1 heterocycles. The minimum atomic E-state index is -1.21. The Morgan fingerprint density at radius 2 is 2.05 bits per heavy atom. The van der Waals surface area contributed by atoms with Gasteiger partial charge < -0.3 is 14.9 Å². The molecule has 0 aliphatic rings. The van der Waals surface area contributed by atoms with Crippen molar-refractivity contribution >= 4 is 23.3 Å². The molecule has 0 bridgehead atoms. The lowest BCUT2D eigenvalue weighted by atomic mass is 10.0. The first kappa shape index (κ1) is 15.5. The summed E-state index contributed by atoms with van der Waals surface area (Å²) in [5.74, 6) is -1.01.